The summed E-state index contributed by atoms with van der Waals surface area (Å²) in [4.78, 5) is 13.9. The smallest absolute Gasteiger partial charge is 0.222 e. The third-order valence-corrected chi connectivity index (χ3v) is 3.25. The number of carbonyl (C=O) groups is 1. The third kappa shape index (κ3) is 3.49. The molecule has 0 spiro atoms. The molecular formula is C12H24N2O. The number of hydrogen-bond donors (Lipinski definition) is 1. The molecule has 0 aromatic carbocycles. The van der Waals surface area contributed by atoms with Crippen LogP contribution in [0.1, 0.15) is 40.0 Å². The summed E-state index contributed by atoms with van der Waals surface area (Å²) in [5.74, 6) is 1.25. The van der Waals surface area contributed by atoms with Crippen molar-refractivity contribution in [3.63, 3.8) is 0 Å². The molecule has 1 aliphatic heterocycles. The van der Waals surface area contributed by atoms with Crippen LogP contribution in [0.15, 0.2) is 0 Å². The average molecular weight is 212 g/mol. The zero-order valence-corrected chi connectivity index (χ0v) is 10.2. The Bertz CT molecular complexity index is 216. The number of rotatable bonds is 3. The summed E-state index contributed by atoms with van der Waals surface area (Å²) in [6.07, 6.45) is 2.71. The number of piperidine rings is 1. The number of amides is 1. The lowest BCUT2D eigenvalue weighted by molar-refractivity contribution is -0.134. The molecule has 1 saturated heterocycles. The van der Waals surface area contributed by atoms with Gasteiger partial charge in [-0.1, -0.05) is 27.2 Å². The molecule has 0 saturated carbocycles. The van der Waals surface area contributed by atoms with E-state index in [0.717, 1.165) is 25.9 Å². The van der Waals surface area contributed by atoms with Crippen LogP contribution in [0.4, 0.5) is 0 Å². The fourth-order valence-electron chi connectivity index (χ4n) is 2.19. The van der Waals surface area contributed by atoms with Gasteiger partial charge in [0.2, 0.25) is 5.91 Å². The van der Waals surface area contributed by atoms with E-state index in [0.29, 0.717) is 24.2 Å². The van der Waals surface area contributed by atoms with Gasteiger partial charge in [0.25, 0.3) is 0 Å². The van der Waals surface area contributed by atoms with E-state index in [4.69, 9.17) is 5.73 Å². The molecule has 1 heterocycles. The van der Waals surface area contributed by atoms with Crippen LogP contribution in [-0.4, -0.2) is 29.9 Å². The molecule has 1 aliphatic rings. The minimum Gasteiger partial charge on any atom is -0.342 e. The maximum atomic E-state index is 11.9. The van der Waals surface area contributed by atoms with Crippen LogP contribution in [0.3, 0.4) is 0 Å². The Balaban J connectivity index is 2.47. The maximum absolute atomic E-state index is 11.9. The Labute approximate surface area is 93.0 Å². The molecule has 1 rings (SSSR count). The van der Waals surface area contributed by atoms with Gasteiger partial charge in [-0.05, 0) is 18.3 Å². The van der Waals surface area contributed by atoms with Crippen molar-refractivity contribution in [1.29, 1.82) is 0 Å². The average Bonchev–Trinajstić information content (AvgIpc) is 2.17. The monoisotopic (exact) mass is 212 g/mol. The molecule has 0 aliphatic carbocycles. The summed E-state index contributed by atoms with van der Waals surface area (Å²) in [7, 11) is 0. The molecule has 0 bridgehead atoms. The predicted octanol–water partition coefficient (Wildman–Crippen LogP) is 1.62. The van der Waals surface area contributed by atoms with Gasteiger partial charge in [-0.25, -0.2) is 0 Å². The van der Waals surface area contributed by atoms with Crippen molar-refractivity contribution in [2.45, 2.75) is 46.1 Å². The molecule has 3 heteroatoms. The zero-order chi connectivity index (χ0) is 11.4. The summed E-state index contributed by atoms with van der Waals surface area (Å²) in [5.41, 5.74) is 6.02. The summed E-state index contributed by atoms with van der Waals surface area (Å²) in [6.45, 7) is 8.04. The fourth-order valence-corrected chi connectivity index (χ4v) is 2.19. The Morgan fingerprint density at radius 1 is 1.53 bits per heavy atom. The SMILES string of the molecule is CCC1CN(C(=O)CC(C)C)CCC1N. The first-order valence-electron chi connectivity index (χ1n) is 6.08. The Hall–Kier alpha value is -0.570. The third-order valence-electron chi connectivity index (χ3n) is 3.25. The Morgan fingerprint density at radius 3 is 2.73 bits per heavy atom. The highest BCUT2D eigenvalue weighted by Gasteiger charge is 2.27. The van der Waals surface area contributed by atoms with Gasteiger partial charge in [0.05, 0.1) is 0 Å². The van der Waals surface area contributed by atoms with Crippen LogP contribution in [0.2, 0.25) is 0 Å². The van der Waals surface area contributed by atoms with Crippen molar-refractivity contribution in [3.8, 4) is 0 Å². The van der Waals surface area contributed by atoms with E-state index in [2.05, 4.69) is 20.8 Å². The predicted molar refractivity (Wildman–Crippen MR) is 62.4 cm³/mol. The molecular weight excluding hydrogens is 188 g/mol. The van der Waals surface area contributed by atoms with E-state index in [-0.39, 0.29) is 6.04 Å². The van der Waals surface area contributed by atoms with E-state index < -0.39 is 0 Å². The molecule has 0 aromatic heterocycles. The highest BCUT2D eigenvalue weighted by Crippen LogP contribution is 2.19. The van der Waals surface area contributed by atoms with E-state index in [1.54, 1.807) is 0 Å². The van der Waals surface area contributed by atoms with Crippen molar-refractivity contribution >= 4 is 5.91 Å². The highest BCUT2D eigenvalue weighted by molar-refractivity contribution is 5.76. The molecule has 1 amide bonds. The van der Waals surface area contributed by atoms with Crippen LogP contribution in [0.25, 0.3) is 0 Å². The summed E-state index contributed by atoms with van der Waals surface area (Å²) in [6, 6.07) is 0.290. The van der Waals surface area contributed by atoms with Crippen molar-refractivity contribution in [3.05, 3.63) is 0 Å². The normalized spacial score (nSPS) is 27.1. The van der Waals surface area contributed by atoms with Gasteiger partial charge in [-0.2, -0.15) is 0 Å². The van der Waals surface area contributed by atoms with Crippen molar-refractivity contribution in [2.24, 2.45) is 17.6 Å². The molecule has 1 fully saturated rings. The van der Waals surface area contributed by atoms with Gasteiger partial charge in [0.1, 0.15) is 0 Å². The number of hydrogen-bond acceptors (Lipinski definition) is 2. The first kappa shape index (κ1) is 12.5. The lowest BCUT2D eigenvalue weighted by atomic mass is 9.90. The molecule has 0 radical (unpaired) electrons. The first-order valence-corrected chi connectivity index (χ1v) is 6.08. The Morgan fingerprint density at radius 2 is 2.20 bits per heavy atom. The number of likely N-dealkylation sites (tertiary alicyclic amines) is 1. The van der Waals surface area contributed by atoms with Gasteiger partial charge in [-0.15, -0.1) is 0 Å². The van der Waals surface area contributed by atoms with Crippen LogP contribution in [-0.2, 0) is 4.79 Å². The maximum Gasteiger partial charge on any atom is 0.222 e. The second kappa shape index (κ2) is 5.50. The molecule has 2 atom stereocenters. The summed E-state index contributed by atoms with van der Waals surface area (Å²) >= 11 is 0. The second-order valence-electron chi connectivity index (χ2n) is 5.06. The van der Waals surface area contributed by atoms with Crippen LogP contribution < -0.4 is 5.73 Å². The van der Waals surface area contributed by atoms with E-state index in [1.165, 1.54) is 0 Å². The van der Waals surface area contributed by atoms with Crippen molar-refractivity contribution in [1.82, 2.24) is 4.90 Å². The number of nitrogens with two attached hydrogens (primary N) is 1. The standard InChI is InChI=1S/C12H24N2O/c1-4-10-8-14(6-5-11(10)13)12(15)7-9(2)3/h9-11H,4-8,13H2,1-3H3. The quantitative estimate of drug-likeness (QED) is 0.772. The van der Waals surface area contributed by atoms with Crippen molar-refractivity contribution in [2.75, 3.05) is 13.1 Å². The van der Waals surface area contributed by atoms with Crippen LogP contribution in [0, 0.1) is 11.8 Å². The molecule has 3 nitrogen and oxygen atoms in total. The van der Waals surface area contributed by atoms with Gasteiger partial charge in [-0.3, -0.25) is 4.79 Å². The molecule has 2 unspecified atom stereocenters. The topological polar surface area (TPSA) is 46.3 Å². The van der Waals surface area contributed by atoms with Gasteiger partial charge < -0.3 is 10.6 Å². The number of nitrogens with zero attached hydrogens (tertiary/aromatic N) is 1. The lowest BCUT2D eigenvalue weighted by Crippen LogP contribution is -2.49. The zero-order valence-electron chi connectivity index (χ0n) is 10.2. The van der Waals surface area contributed by atoms with Gasteiger partial charge in [0.15, 0.2) is 0 Å². The molecule has 2 N–H and O–H groups in total. The summed E-state index contributed by atoms with van der Waals surface area (Å²) in [5, 5.41) is 0. The Kier molecular flexibility index (Phi) is 4.58. The van der Waals surface area contributed by atoms with Crippen LogP contribution >= 0.6 is 0 Å². The van der Waals surface area contributed by atoms with Gasteiger partial charge >= 0.3 is 0 Å². The summed E-state index contributed by atoms with van der Waals surface area (Å²) < 4.78 is 0. The molecule has 88 valence electrons. The van der Waals surface area contributed by atoms with Gasteiger partial charge in [0, 0.05) is 25.6 Å². The highest BCUT2D eigenvalue weighted by atomic mass is 16.2. The molecule has 0 aromatic rings. The van der Waals surface area contributed by atoms with E-state index >= 15 is 0 Å². The fraction of sp³-hybridized carbons (Fsp3) is 0.917. The van der Waals surface area contributed by atoms with Crippen LogP contribution in [0.5, 0.6) is 0 Å². The molecule has 15 heavy (non-hydrogen) atoms. The minimum atomic E-state index is 0.290. The van der Waals surface area contributed by atoms with Crippen molar-refractivity contribution < 1.29 is 4.79 Å². The van der Waals surface area contributed by atoms with E-state index in [1.807, 2.05) is 4.90 Å². The first-order chi connectivity index (χ1) is 7.04. The largest absolute Gasteiger partial charge is 0.342 e. The van der Waals surface area contributed by atoms with E-state index in [9.17, 15) is 4.79 Å². The lowest BCUT2D eigenvalue weighted by Gasteiger charge is -2.36. The number of carbonyl (C=O) groups excluding carboxylic acids is 1. The second-order valence-corrected chi connectivity index (χ2v) is 5.06. The minimum absolute atomic E-state index is 0.290.